The molecule has 4 nitrogen and oxygen atoms in total. The van der Waals surface area contributed by atoms with Gasteiger partial charge in [0.2, 0.25) is 0 Å². The highest BCUT2D eigenvalue weighted by molar-refractivity contribution is 5.23. The Morgan fingerprint density at radius 1 is 1.47 bits per heavy atom. The first kappa shape index (κ1) is 11.8. The molecule has 2 aromatic rings. The summed E-state index contributed by atoms with van der Waals surface area (Å²) in [4.78, 5) is 4.18. The number of aliphatic hydroxyl groups is 1. The summed E-state index contributed by atoms with van der Waals surface area (Å²) in [6.07, 6.45) is 5.57. The number of aryl methyl sites for hydroxylation is 2. The van der Waals surface area contributed by atoms with Gasteiger partial charge in [0.05, 0.1) is 12.3 Å². The minimum absolute atomic E-state index is 0.516. The van der Waals surface area contributed by atoms with Crippen LogP contribution in [-0.2, 0) is 13.0 Å². The van der Waals surface area contributed by atoms with E-state index in [0.717, 1.165) is 23.4 Å². The highest BCUT2D eigenvalue weighted by atomic mass is 16.3. The normalized spacial score (nSPS) is 12.6. The molecule has 0 saturated heterocycles. The number of rotatable bonds is 4. The molecule has 2 aromatic heterocycles. The van der Waals surface area contributed by atoms with Crippen LogP contribution >= 0.6 is 0 Å². The van der Waals surface area contributed by atoms with Gasteiger partial charge in [-0.25, -0.2) is 0 Å². The summed E-state index contributed by atoms with van der Waals surface area (Å²) in [6, 6.07) is 3.76. The van der Waals surface area contributed by atoms with E-state index in [-0.39, 0.29) is 0 Å². The zero-order valence-corrected chi connectivity index (χ0v) is 10.2. The Labute approximate surface area is 101 Å². The van der Waals surface area contributed by atoms with Gasteiger partial charge in [-0.1, -0.05) is 6.07 Å². The van der Waals surface area contributed by atoms with Crippen LogP contribution in [0.4, 0.5) is 0 Å². The molecule has 0 radical (unpaired) electrons. The third kappa shape index (κ3) is 2.71. The van der Waals surface area contributed by atoms with Crippen molar-refractivity contribution in [2.45, 2.75) is 32.9 Å². The predicted octanol–water partition coefficient (Wildman–Crippen LogP) is 1.88. The smallest absolute Gasteiger partial charge is 0.0848 e. The highest BCUT2D eigenvalue weighted by Gasteiger charge is 2.12. The number of pyridine rings is 1. The lowest BCUT2D eigenvalue weighted by molar-refractivity contribution is 0.177. The first-order chi connectivity index (χ1) is 8.20. The van der Waals surface area contributed by atoms with Crippen LogP contribution in [0, 0.1) is 6.92 Å². The van der Waals surface area contributed by atoms with Crippen LogP contribution in [0.1, 0.15) is 29.8 Å². The summed E-state index contributed by atoms with van der Waals surface area (Å²) in [5.41, 5.74) is 2.81. The molecule has 0 bridgehead atoms. The summed E-state index contributed by atoms with van der Waals surface area (Å²) < 4.78 is 1.86. The molecule has 0 aromatic carbocycles. The summed E-state index contributed by atoms with van der Waals surface area (Å²) >= 11 is 0. The average molecular weight is 231 g/mol. The second-order valence-corrected chi connectivity index (χ2v) is 4.10. The number of hydrogen-bond donors (Lipinski definition) is 1. The molecule has 0 aliphatic carbocycles. The first-order valence-corrected chi connectivity index (χ1v) is 5.81. The van der Waals surface area contributed by atoms with E-state index >= 15 is 0 Å². The Morgan fingerprint density at radius 3 is 2.94 bits per heavy atom. The fraction of sp³-hybridized carbons (Fsp3) is 0.385. The molecule has 0 saturated carbocycles. The van der Waals surface area contributed by atoms with E-state index in [4.69, 9.17) is 0 Å². The molecule has 1 atom stereocenters. The van der Waals surface area contributed by atoms with Crippen LogP contribution in [-0.4, -0.2) is 19.9 Å². The SMILES string of the molecule is CCn1cc(CC(O)c2cccnc2C)cn1. The van der Waals surface area contributed by atoms with E-state index in [2.05, 4.69) is 10.1 Å². The van der Waals surface area contributed by atoms with E-state index in [1.807, 2.05) is 36.9 Å². The maximum Gasteiger partial charge on any atom is 0.0848 e. The summed E-state index contributed by atoms with van der Waals surface area (Å²) in [5.74, 6) is 0. The zero-order chi connectivity index (χ0) is 12.3. The Bertz CT molecular complexity index is 493. The van der Waals surface area contributed by atoms with Gasteiger partial charge in [-0.15, -0.1) is 0 Å². The number of aromatic nitrogens is 3. The zero-order valence-electron chi connectivity index (χ0n) is 10.2. The first-order valence-electron chi connectivity index (χ1n) is 5.81. The van der Waals surface area contributed by atoms with Gasteiger partial charge in [-0.3, -0.25) is 9.67 Å². The topological polar surface area (TPSA) is 50.9 Å². The molecule has 2 rings (SSSR count). The molecule has 0 spiro atoms. The van der Waals surface area contributed by atoms with Gasteiger partial charge < -0.3 is 5.11 Å². The van der Waals surface area contributed by atoms with Gasteiger partial charge in [0.15, 0.2) is 0 Å². The van der Waals surface area contributed by atoms with E-state index < -0.39 is 6.10 Å². The van der Waals surface area contributed by atoms with Gasteiger partial charge in [0, 0.05) is 36.6 Å². The fourth-order valence-corrected chi connectivity index (χ4v) is 1.87. The predicted molar refractivity (Wildman–Crippen MR) is 65.5 cm³/mol. The van der Waals surface area contributed by atoms with Gasteiger partial charge in [0.1, 0.15) is 0 Å². The summed E-state index contributed by atoms with van der Waals surface area (Å²) in [7, 11) is 0. The van der Waals surface area contributed by atoms with Crippen LogP contribution < -0.4 is 0 Å². The Kier molecular flexibility index (Phi) is 3.54. The molecule has 0 aliphatic rings. The highest BCUT2D eigenvalue weighted by Crippen LogP contribution is 2.19. The van der Waals surface area contributed by atoms with Crippen molar-refractivity contribution in [3.05, 3.63) is 47.5 Å². The molecule has 0 aliphatic heterocycles. The van der Waals surface area contributed by atoms with Crippen molar-refractivity contribution in [3.8, 4) is 0 Å². The summed E-state index contributed by atoms with van der Waals surface area (Å²) in [5, 5.41) is 14.4. The lowest BCUT2D eigenvalue weighted by atomic mass is 10.0. The van der Waals surface area contributed by atoms with Crippen molar-refractivity contribution in [3.63, 3.8) is 0 Å². The Morgan fingerprint density at radius 2 is 2.29 bits per heavy atom. The third-order valence-electron chi connectivity index (χ3n) is 2.85. The van der Waals surface area contributed by atoms with Crippen LogP contribution in [0.2, 0.25) is 0 Å². The number of nitrogens with zero attached hydrogens (tertiary/aromatic N) is 3. The monoisotopic (exact) mass is 231 g/mol. The molecule has 1 unspecified atom stereocenters. The van der Waals surface area contributed by atoms with Crippen LogP contribution in [0.3, 0.4) is 0 Å². The molecule has 90 valence electrons. The third-order valence-corrected chi connectivity index (χ3v) is 2.85. The van der Waals surface area contributed by atoms with E-state index in [1.165, 1.54) is 0 Å². The quantitative estimate of drug-likeness (QED) is 0.874. The molecule has 0 fully saturated rings. The second kappa shape index (κ2) is 5.10. The number of hydrogen-bond acceptors (Lipinski definition) is 3. The average Bonchev–Trinajstić information content (AvgIpc) is 2.77. The van der Waals surface area contributed by atoms with Crippen molar-refractivity contribution in [1.29, 1.82) is 0 Å². The van der Waals surface area contributed by atoms with Crippen LogP contribution in [0.25, 0.3) is 0 Å². The van der Waals surface area contributed by atoms with Gasteiger partial charge in [0.25, 0.3) is 0 Å². The molecule has 4 heteroatoms. The van der Waals surface area contributed by atoms with Gasteiger partial charge in [-0.2, -0.15) is 5.10 Å². The van der Waals surface area contributed by atoms with Crippen molar-refractivity contribution < 1.29 is 5.11 Å². The van der Waals surface area contributed by atoms with Crippen molar-refractivity contribution in [2.24, 2.45) is 0 Å². The molecule has 0 amide bonds. The molecule has 2 heterocycles. The summed E-state index contributed by atoms with van der Waals surface area (Å²) in [6.45, 7) is 4.80. The maximum absolute atomic E-state index is 10.2. The van der Waals surface area contributed by atoms with Crippen molar-refractivity contribution in [2.75, 3.05) is 0 Å². The van der Waals surface area contributed by atoms with E-state index in [9.17, 15) is 5.11 Å². The Balaban J connectivity index is 2.11. The number of aliphatic hydroxyl groups excluding tert-OH is 1. The molecular formula is C13H17N3O. The fourth-order valence-electron chi connectivity index (χ4n) is 1.87. The van der Waals surface area contributed by atoms with E-state index in [0.29, 0.717) is 6.42 Å². The standard InChI is InChI=1S/C13H17N3O/c1-3-16-9-11(8-15-16)7-13(17)12-5-4-6-14-10(12)2/h4-6,8-9,13,17H,3,7H2,1-2H3. The lowest BCUT2D eigenvalue weighted by Gasteiger charge is -2.11. The minimum atomic E-state index is -0.516. The second-order valence-electron chi connectivity index (χ2n) is 4.10. The van der Waals surface area contributed by atoms with Crippen molar-refractivity contribution >= 4 is 0 Å². The van der Waals surface area contributed by atoms with Crippen LogP contribution in [0.5, 0.6) is 0 Å². The Hall–Kier alpha value is -1.68. The molecule has 17 heavy (non-hydrogen) atoms. The molecular weight excluding hydrogens is 214 g/mol. The van der Waals surface area contributed by atoms with Gasteiger partial charge in [-0.05, 0) is 25.5 Å². The van der Waals surface area contributed by atoms with E-state index in [1.54, 1.807) is 12.4 Å². The van der Waals surface area contributed by atoms with Crippen LogP contribution in [0.15, 0.2) is 30.7 Å². The molecule has 1 N–H and O–H groups in total. The lowest BCUT2D eigenvalue weighted by Crippen LogP contribution is -2.04. The van der Waals surface area contributed by atoms with Gasteiger partial charge >= 0.3 is 0 Å². The maximum atomic E-state index is 10.2. The largest absolute Gasteiger partial charge is 0.388 e. The van der Waals surface area contributed by atoms with Crippen molar-refractivity contribution in [1.82, 2.24) is 14.8 Å². The minimum Gasteiger partial charge on any atom is -0.388 e.